The summed E-state index contributed by atoms with van der Waals surface area (Å²) in [5.41, 5.74) is 12.2. The molecule has 0 unspecified atom stereocenters. The predicted octanol–water partition coefficient (Wildman–Crippen LogP) is 2.10. The third kappa shape index (κ3) is 2.59. The number of pyridine rings is 2. The zero-order valence-electron chi connectivity index (χ0n) is 11.0. The van der Waals surface area contributed by atoms with E-state index in [1.54, 1.807) is 6.20 Å². The van der Waals surface area contributed by atoms with Gasteiger partial charge in [-0.3, -0.25) is 9.78 Å². The molecule has 0 atom stereocenters. The van der Waals surface area contributed by atoms with E-state index in [0.29, 0.717) is 11.4 Å². The van der Waals surface area contributed by atoms with Gasteiger partial charge in [-0.2, -0.15) is 0 Å². The summed E-state index contributed by atoms with van der Waals surface area (Å²) in [6.45, 7) is 0. The van der Waals surface area contributed by atoms with Crippen LogP contribution in [0.1, 0.15) is 10.4 Å². The Balaban J connectivity index is 2.00. The molecule has 0 spiro atoms. The average molecular weight is 280 g/mol. The van der Waals surface area contributed by atoms with Crippen molar-refractivity contribution in [2.75, 3.05) is 5.73 Å². The Kier molecular flexibility index (Phi) is 3.12. The van der Waals surface area contributed by atoms with Gasteiger partial charge in [-0.05, 0) is 18.2 Å². The maximum Gasteiger partial charge on any atom is 0.254 e. The molecule has 0 aliphatic carbocycles. The first-order chi connectivity index (χ1) is 10.1. The number of ether oxygens (including phenoxy) is 1. The molecule has 4 N–H and O–H groups in total. The molecule has 104 valence electrons. The zero-order valence-corrected chi connectivity index (χ0v) is 11.0. The molecular formula is C15H12N4O2. The number of anilines is 1. The SMILES string of the molecule is NC(=O)c1cc(N)cnc1Oc1cnc2ccccc2c1. The first kappa shape index (κ1) is 12.9. The van der Waals surface area contributed by atoms with E-state index in [0.717, 1.165) is 10.9 Å². The number of nitrogens with two attached hydrogens (primary N) is 2. The van der Waals surface area contributed by atoms with Crippen LogP contribution in [0, 0.1) is 0 Å². The van der Waals surface area contributed by atoms with Gasteiger partial charge in [0.05, 0.1) is 23.6 Å². The van der Waals surface area contributed by atoms with E-state index in [9.17, 15) is 4.79 Å². The summed E-state index contributed by atoms with van der Waals surface area (Å²) in [6, 6.07) is 10.9. The summed E-state index contributed by atoms with van der Waals surface area (Å²) in [6.07, 6.45) is 2.96. The van der Waals surface area contributed by atoms with Crippen LogP contribution >= 0.6 is 0 Å². The Hall–Kier alpha value is -3.15. The van der Waals surface area contributed by atoms with Gasteiger partial charge in [-0.25, -0.2) is 4.98 Å². The van der Waals surface area contributed by atoms with Crippen molar-refractivity contribution in [3.05, 3.63) is 54.4 Å². The molecule has 21 heavy (non-hydrogen) atoms. The number of para-hydroxylation sites is 1. The molecule has 0 bridgehead atoms. The van der Waals surface area contributed by atoms with E-state index in [1.807, 2.05) is 30.3 Å². The second-order valence-electron chi connectivity index (χ2n) is 4.45. The Morgan fingerprint density at radius 2 is 1.90 bits per heavy atom. The van der Waals surface area contributed by atoms with Gasteiger partial charge in [0.1, 0.15) is 11.3 Å². The zero-order chi connectivity index (χ0) is 14.8. The van der Waals surface area contributed by atoms with Crippen LogP contribution in [-0.2, 0) is 0 Å². The fourth-order valence-electron chi connectivity index (χ4n) is 1.94. The highest BCUT2D eigenvalue weighted by molar-refractivity contribution is 5.96. The van der Waals surface area contributed by atoms with Crippen LogP contribution < -0.4 is 16.2 Å². The van der Waals surface area contributed by atoms with Gasteiger partial charge >= 0.3 is 0 Å². The Morgan fingerprint density at radius 3 is 2.71 bits per heavy atom. The third-order valence-corrected chi connectivity index (χ3v) is 2.92. The van der Waals surface area contributed by atoms with E-state index >= 15 is 0 Å². The van der Waals surface area contributed by atoms with E-state index < -0.39 is 5.91 Å². The quantitative estimate of drug-likeness (QED) is 0.764. The lowest BCUT2D eigenvalue weighted by Crippen LogP contribution is -2.13. The maximum absolute atomic E-state index is 11.4. The van der Waals surface area contributed by atoms with E-state index in [2.05, 4.69) is 9.97 Å². The van der Waals surface area contributed by atoms with Crippen molar-refractivity contribution in [3.63, 3.8) is 0 Å². The minimum Gasteiger partial charge on any atom is -0.437 e. The van der Waals surface area contributed by atoms with Crippen LogP contribution in [0.2, 0.25) is 0 Å². The molecule has 6 heteroatoms. The van der Waals surface area contributed by atoms with Gasteiger partial charge in [-0.15, -0.1) is 0 Å². The summed E-state index contributed by atoms with van der Waals surface area (Å²) in [4.78, 5) is 19.7. The molecule has 0 fully saturated rings. The standard InChI is InChI=1S/C15H12N4O2/c16-10-6-12(14(17)20)15(19-7-10)21-11-5-9-3-1-2-4-13(9)18-8-11/h1-8H,16H2,(H2,17,20). The number of amides is 1. The van der Waals surface area contributed by atoms with Gasteiger partial charge in [0.25, 0.3) is 5.91 Å². The number of hydrogen-bond acceptors (Lipinski definition) is 5. The van der Waals surface area contributed by atoms with Crippen LogP contribution in [0.15, 0.2) is 48.8 Å². The van der Waals surface area contributed by atoms with Crippen molar-refractivity contribution in [2.45, 2.75) is 0 Å². The molecule has 2 aromatic heterocycles. The smallest absolute Gasteiger partial charge is 0.254 e. The number of fused-ring (bicyclic) bond motifs is 1. The number of carbonyl (C=O) groups is 1. The first-order valence-electron chi connectivity index (χ1n) is 6.21. The number of rotatable bonds is 3. The van der Waals surface area contributed by atoms with Crippen molar-refractivity contribution < 1.29 is 9.53 Å². The lowest BCUT2D eigenvalue weighted by atomic mass is 10.2. The van der Waals surface area contributed by atoms with E-state index in [1.165, 1.54) is 12.3 Å². The molecular weight excluding hydrogens is 268 g/mol. The molecule has 1 aromatic carbocycles. The monoisotopic (exact) mass is 280 g/mol. The van der Waals surface area contributed by atoms with E-state index in [4.69, 9.17) is 16.2 Å². The first-order valence-corrected chi connectivity index (χ1v) is 6.21. The summed E-state index contributed by atoms with van der Waals surface area (Å²) in [7, 11) is 0. The molecule has 3 aromatic rings. The van der Waals surface area contributed by atoms with Gasteiger partial charge < -0.3 is 16.2 Å². The molecule has 3 rings (SSSR count). The van der Waals surface area contributed by atoms with Crippen molar-refractivity contribution in [1.82, 2.24) is 9.97 Å². The highest BCUT2D eigenvalue weighted by Crippen LogP contribution is 2.26. The normalized spacial score (nSPS) is 10.5. The van der Waals surface area contributed by atoms with Gasteiger partial charge in [0, 0.05) is 5.39 Å². The van der Waals surface area contributed by atoms with Crippen LogP contribution in [-0.4, -0.2) is 15.9 Å². The highest BCUT2D eigenvalue weighted by Gasteiger charge is 2.13. The van der Waals surface area contributed by atoms with Crippen LogP contribution in [0.4, 0.5) is 5.69 Å². The molecule has 0 aliphatic heterocycles. The van der Waals surface area contributed by atoms with E-state index in [-0.39, 0.29) is 11.4 Å². The number of carbonyl (C=O) groups excluding carboxylic acids is 1. The molecule has 6 nitrogen and oxygen atoms in total. The Bertz CT molecular complexity index is 833. The Morgan fingerprint density at radius 1 is 1.10 bits per heavy atom. The maximum atomic E-state index is 11.4. The summed E-state index contributed by atoms with van der Waals surface area (Å²) >= 11 is 0. The molecule has 0 saturated carbocycles. The second kappa shape index (κ2) is 5.09. The number of primary amides is 1. The highest BCUT2D eigenvalue weighted by atomic mass is 16.5. The Labute approximate surface area is 120 Å². The molecule has 0 saturated heterocycles. The third-order valence-electron chi connectivity index (χ3n) is 2.92. The van der Waals surface area contributed by atoms with Crippen molar-refractivity contribution in [2.24, 2.45) is 5.73 Å². The van der Waals surface area contributed by atoms with Crippen molar-refractivity contribution in [3.8, 4) is 11.6 Å². The second-order valence-corrected chi connectivity index (χ2v) is 4.45. The number of nitrogen functional groups attached to an aromatic ring is 1. The van der Waals surface area contributed by atoms with Crippen molar-refractivity contribution in [1.29, 1.82) is 0 Å². The minimum absolute atomic E-state index is 0.105. The molecule has 0 aliphatic rings. The molecule has 0 radical (unpaired) electrons. The fourth-order valence-corrected chi connectivity index (χ4v) is 1.94. The van der Waals surface area contributed by atoms with Crippen LogP contribution in [0.25, 0.3) is 10.9 Å². The number of hydrogen-bond donors (Lipinski definition) is 2. The number of aromatic nitrogens is 2. The van der Waals surface area contributed by atoms with Gasteiger partial charge in [-0.1, -0.05) is 18.2 Å². The number of benzene rings is 1. The van der Waals surface area contributed by atoms with Gasteiger partial charge in [0.15, 0.2) is 0 Å². The summed E-state index contributed by atoms with van der Waals surface area (Å²) < 4.78 is 5.60. The topological polar surface area (TPSA) is 104 Å². The van der Waals surface area contributed by atoms with Crippen molar-refractivity contribution >= 4 is 22.5 Å². The number of nitrogens with zero attached hydrogens (tertiary/aromatic N) is 2. The van der Waals surface area contributed by atoms with Gasteiger partial charge in [0.2, 0.25) is 5.88 Å². The fraction of sp³-hybridized carbons (Fsp3) is 0. The lowest BCUT2D eigenvalue weighted by molar-refractivity contribution is 0.0997. The predicted molar refractivity (Wildman–Crippen MR) is 79.0 cm³/mol. The summed E-state index contributed by atoms with van der Waals surface area (Å²) in [5.74, 6) is -0.0826. The lowest BCUT2D eigenvalue weighted by Gasteiger charge is -2.09. The van der Waals surface area contributed by atoms with Crippen LogP contribution in [0.3, 0.4) is 0 Å². The molecule has 2 heterocycles. The average Bonchev–Trinajstić information content (AvgIpc) is 2.49. The largest absolute Gasteiger partial charge is 0.437 e. The minimum atomic E-state index is -0.654. The van der Waals surface area contributed by atoms with Crippen LogP contribution in [0.5, 0.6) is 11.6 Å². The molecule has 1 amide bonds. The summed E-state index contributed by atoms with van der Waals surface area (Å²) in [5, 5.41) is 0.922.